The van der Waals surface area contributed by atoms with Crippen LogP contribution >= 0.6 is 15.9 Å². The van der Waals surface area contributed by atoms with Crippen LogP contribution in [0.3, 0.4) is 0 Å². The summed E-state index contributed by atoms with van der Waals surface area (Å²) in [6.07, 6.45) is 0.401. The third kappa shape index (κ3) is 5.89. The van der Waals surface area contributed by atoms with Crippen molar-refractivity contribution in [3.8, 4) is 11.6 Å². The number of benzene rings is 2. The van der Waals surface area contributed by atoms with Gasteiger partial charge in [0.1, 0.15) is 11.4 Å². The predicted molar refractivity (Wildman–Crippen MR) is 140 cm³/mol. The van der Waals surface area contributed by atoms with Gasteiger partial charge in [-0.05, 0) is 43.8 Å². The fraction of sp³-hybridized carbons (Fsp3) is 0.292. The number of halogens is 1. The highest BCUT2D eigenvalue weighted by molar-refractivity contribution is 9.10. The largest absolute Gasteiger partial charge is 0.437 e. The SMILES string of the molecule is CCc1nc(C(N)=O)c(Nc2ccc(N3CCN(C)CC3)cc2)nc1Oc1cc(Br)cc([N+](=O)[O-])c1. The molecule has 0 atom stereocenters. The minimum Gasteiger partial charge on any atom is -0.437 e. The number of non-ortho nitro benzene ring substituents is 1. The number of primary amides is 1. The van der Waals surface area contributed by atoms with Crippen LogP contribution in [-0.2, 0) is 6.42 Å². The minimum absolute atomic E-state index is 0.0254. The summed E-state index contributed by atoms with van der Waals surface area (Å²) >= 11 is 3.26. The molecule has 36 heavy (non-hydrogen) atoms. The van der Waals surface area contributed by atoms with Gasteiger partial charge in [-0.2, -0.15) is 4.98 Å². The zero-order valence-electron chi connectivity index (χ0n) is 19.9. The molecule has 0 radical (unpaired) electrons. The number of aromatic nitrogens is 2. The van der Waals surface area contributed by atoms with Crippen LogP contribution in [0.4, 0.5) is 22.9 Å². The summed E-state index contributed by atoms with van der Waals surface area (Å²) in [6.45, 7) is 5.74. The number of nitro groups is 1. The number of nitro benzene ring substituents is 1. The molecule has 2 aromatic carbocycles. The predicted octanol–water partition coefficient (Wildman–Crippen LogP) is 4.10. The van der Waals surface area contributed by atoms with Crippen LogP contribution in [0.25, 0.3) is 0 Å². The van der Waals surface area contributed by atoms with Crippen LogP contribution in [0.2, 0.25) is 0 Å². The minimum atomic E-state index is -0.738. The van der Waals surface area contributed by atoms with Gasteiger partial charge in [-0.15, -0.1) is 0 Å². The van der Waals surface area contributed by atoms with Crippen molar-refractivity contribution in [3.63, 3.8) is 0 Å². The molecule has 0 saturated carbocycles. The van der Waals surface area contributed by atoms with Crippen molar-refractivity contribution >= 4 is 44.7 Å². The first-order valence-corrected chi connectivity index (χ1v) is 12.2. The molecule has 3 N–H and O–H groups in total. The van der Waals surface area contributed by atoms with E-state index in [0.29, 0.717) is 22.3 Å². The Balaban J connectivity index is 1.62. The molecule has 0 aliphatic carbocycles. The first-order valence-electron chi connectivity index (χ1n) is 11.4. The van der Waals surface area contributed by atoms with Crippen molar-refractivity contribution < 1.29 is 14.5 Å². The number of aryl methyl sites for hydroxylation is 1. The van der Waals surface area contributed by atoms with Crippen molar-refractivity contribution in [2.75, 3.05) is 43.4 Å². The Morgan fingerprint density at radius 3 is 2.47 bits per heavy atom. The Morgan fingerprint density at radius 2 is 1.86 bits per heavy atom. The van der Waals surface area contributed by atoms with E-state index in [4.69, 9.17) is 10.5 Å². The number of likely N-dealkylation sites (N-methyl/N-ethyl adjacent to an activating group) is 1. The normalized spacial score (nSPS) is 13.9. The van der Waals surface area contributed by atoms with Gasteiger partial charge in [0, 0.05) is 48.1 Å². The third-order valence-corrected chi connectivity index (χ3v) is 6.24. The lowest BCUT2D eigenvalue weighted by atomic mass is 10.2. The lowest BCUT2D eigenvalue weighted by Crippen LogP contribution is -2.44. The molecule has 1 amide bonds. The van der Waals surface area contributed by atoms with Crippen LogP contribution in [0.15, 0.2) is 46.9 Å². The molecule has 1 fully saturated rings. The van der Waals surface area contributed by atoms with E-state index in [0.717, 1.165) is 31.9 Å². The summed E-state index contributed by atoms with van der Waals surface area (Å²) in [5.41, 5.74) is 7.61. The number of nitrogens with one attached hydrogen (secondary N) is 1. The molecule has 0 bridgehead atoms. The first-order chi connectivity index (χ1) is 17.2. The van der Waals surface area contributed by atoms with E-state index in [9.17, 15) is 14.9 Å². The molecular weight excluding hydrogens is 530 g/mol. The van der Waals surface area contributed by atoms with Gasteiger partial charge in [0.25, 0.3) is 11.6 Å². The van der Waals surface area contributed by atoms with Gasteiger partial charge in [-0.3, -0.25) is 14.9 Å². The average Bonchev–Trinajstić information content (AvgIpc) is 2.84. The molecule has 2 heterocycles. The second-order valence-electron chi connectivity index (χ2n) is 8.36. The second-order valence-corrected chi connectivity index (χ2v) is 9.27. The number of carbonyl (C=O) groups is 1. The fourth-order valence-corrected chi connectivity index (χ4v) is 4.27. The van der Waals surface area contributed by atoms with Crippen molar-refractivity contribution in [1.82, 2.24) is 14.9 Å². The number of hydrogen-bond acceptors (Lipinski definition) is 9. The molecule has 1 saturated heterocycles. The quantitative estimate of drug-likeness (QED) is 0.310. The van der Waals surface area contributed by atoms with Crippen LogP contribution in [0.5, 0.6) is 11.6 Å². The first kappa shape index (κ1) is 25.3. The van der Waals surface area contributed by atoms with Crippen LogP contribution in [0.1, 0.15) is 23.1 Å². The molecule has 1 aliphatic rings. The maximum atomic E-state index is 12.1. The van der Waals surface area contributed by atoms with Gasteiger partial charge in [0.2, 0.25) is 5.88 Å². The van der Waals surface area contributed by atoms with E-state index in [1.165, 1.54) is 12.1 Å². The van der Waals surface area contributed by atoms with Gasteiger partial charge >= 0.3 is 0 Å². The third-order valence-electron chi connectivity index (χ3n) is 5.78. The highest BCUT2D eigenvalue weighted by Crippen LogP contribution is 2.32. The lowest BCUT2D eigenvalue weighted by molar-refractivity contribution is -0.385. The van der Waals surface area contributed by atoms with E-state index in [1.807, 2.05) is 31.2 Å². The Kier molecular flexibility index (Phi) is 7.65. The highest BCUT2D eigenvalue weighted by atomic mass is 79.9. The number of hydrogen-bond donors (Lipinski definition) is 2. The summed E-state index contributed by atoms with van der Waals surface area (Å²) < 4.78 is 6.36. The van der Waals surface area contributed by atoms with Crippen molar-refractivity contribution in [2.24, 2.45) is 5.73 Å². The van der Waals surface area contributed by atoms with Crippen LogP contribution < -0.4 is 20.7 Å². The Labute approximate surface area is 216 Å². The number of nitrogens with two attached hydrogens (primary N) is 1. The summed E-state index contributed by atoms with van der Waals surface area (Å²) in [4.78, 5) is 36.3. The van der Waals surface area contributed by atoms with Gasteiger partial charge in [0.15, 0.2) is 11.5 Å². The molecule has 1 aliphatic heterocycles. The second kappa shape index (κ2) is 10.9. The number of nitrogens with zero attached hydrogens (tertiary/aromatic N) is 5. The molecule has 3 aromatic rings. The maximum absolute atomic E-state index is 12.1. The fourth-order valence-electron chi connectivity index (χ4n) is 3.81. The summed E-state index contributed by atoms with van der Waals surface area (Å²) in [6, 6.07) is 12.0. The molecule has 0 unspecified atom stereocenters. The monoisotopic (exact) mass is 555 g/mol. The molecule has 188 valence electrons. The van der Waals surface area contributed by atoms with Crippen LogP contribution in [-0.4, -0.2) is 58.9 Å². The van der Waals surface area contributed by atoms with E-state index in [1.54, 1.807) is 6.07 Å². The smallest absolute Gasteiger partial charge is 0.274 e. The summed E-state index contributed by atoms with van der Waals surface area (Å²) in [5, 5.41) is 14.3. The number of amides is 1. The highest BCUT2D eigenvalue weighted by Gasteiger charge is 2.20. The Hall–Kier alpha value is -3.77. The maximum Gasteiger partial charge on any atom is 0.274 e. The van der Waals surface area contributed by atoms with Gasteiger partial charge < -0.3 is 25.6 Å². The summed E-state index contributed by atoms with van der Waals surface area (Å²) in [5.74, 6) is -0.286. The zero-order chi connectivity index (χ0) is 25.8. The lowest BCUT2D eigenvalue weighted by Gasteiger charge is -2.34. The molecule has 0 spiro atoms. The van der Waals surface area contributed by atoms with E-state index < -0.39 is 10.8 Å². The van der Waals surface area contributed by atoms with Gasteiger partial charge in [-0.25, -0.2) is 4.98 Å². The molecular formula is C24H26BrN7O4. The standard InChI is InChI=1S/C24H26BrN7O4/c1-3-20-24(36-19-13-15(25)12-18(14-19)32(34)35)29-23(21(28-20)22(26)33)27-16-4-6-17(7-5-16)31-10-8-30(2)9-11-31/h4-7,12-14H,3,8-11H2,1-2H3,(H2,26,33)(H,27,29). The van der Waals surface area contributed by atoms with E-state index in [-0.39, 0.29) is 28.8 Å². The van der Waals surface area contributed by atoms with E-state index in [2.05, 4.69) is 48.1 Å². The van der Waals surface area contributed by atoms with Crippen molar-refractivity contribution in [1.29, 1.82) is 0 Å². The molecule has 1 aromatic heterocycles. The topological polar surface area (TPSA) is 140 Å². The molecule has 11 nitrogen and oxygen atoms in total. The van der Waals surface area contributed by atoms with Gasteiger partial charge in [-0.1, -0.05) is 22.9 Å². The van der Waals surface area contributed by atoms with Crippen molar-refractivity contribution in [3.05, 3.63) is 68.4 Å². The van der Waals surface area contributed by atoms with Gasteiger partial charge in [0.05, 0.1) is 11.0 Å². The number of ether oxygens (including phenoxy) is 1. The van der Waals surface area contributed by atoms with E-state index >= 15 is 0 Å². The zero-order valence-corrected chi connectivity index (χ0v) is 21.5. The number of rotatable bonds is 8. The molecule has 4 rings (SSSR count). The Morgan fingerprint density at radius 1 is 1.17 bits per heavy atom. The van der Waals surface area contributed by atoms with Crippen molar-refractivity contribution in [2.45, 2.75) is 13.3 Å². The average molecular weight is 556 g/mol. The number of piperazine rings is 1. The Bertz CT molecular complexity index is 1280. The van der Waals surface area contributed by atoms with Crippen LogP contribution in [0, 0.1) is 10.1 Å². The number of carbonyl (C=O) groups excluding carboxylic acids is 1. The number of anilines is 3. The summed E-state index contributed by atoms with van der Waals surface area (Å²) in [7, 11) is 2.11. The molecule has 12 heteroatoms.